The molecule has 7 heteroatoms. The fourth-order valence-corrected chi connectivity index (χ4v) is 3.17. The molecule has 1 aliphatic heterocycles. The summed E-state index contributed by atoms with van der Waals surface area (Å²) in [6.45, 7) is 3.26. The Morgan fingerprint density at radius 1 is 1.43 bits per heavy atom. The molecule has 0 aliphatic carbocycles. The lowest BCUT2D eigenvalue weighted by atomic mass is 9.95. The van der Waals surface area contributed by atoms with E-state index in [0.717, 1.165) is 37.2 Å². The van der Waals surface area contributed by atoms with Gasteiger partial charge in [-0.15, -0.1) is 0 Å². The molecule has 0 aromatic heterocycles. The van der Waals surface area contributed by atoms with Crippen molar-refractivity contribution in [2.24, 2.45) is 5.92 Å². The maximum absolute atomic E-state index is 11.6. The predicted molar refractivity (Wildman–Crippen MR) is 81.8 cm³/mol. The molecule has 2 rings (SSSR count). The molecule has 6 nitrogen and oxygen atoms in total. The predicted octanol–water partition coefficient (Wildman–Crippen LogP) is 2.52. The fourth-order valence-electron chi connectivity index (χ4n) is 2.79. The lowest BCUT2D eigenvalue weighted by Crippen LogP contribution is -2.40. The van der Waals surface area contributed by atoms with Gasteiger partial charge in [-0.1, -0.05) is 11.6 Å². The number of carbonyl (C=O) groups is 1. The van der Waals surface area contributed by atoms with Crippen molar-refractivity contribution in [3.63, 3.8) is 0 Å². The third-order valence-corrected chi connectivity index (χ3v) is 4.17. The van der Waals surface area contributed by atoms with Gasteiger partial charge in [0.1, 0.15) is 0 Å². The minimum atomic E-state index is -0.444. The number of nitro benzene ring substituents is 1. The van der Waals surface area contributed by atoms with Crippen LogP contribution in [0.2, 0.25) is 5.02 Å². The van der Waals surface area contributed by atoms with E-state index in [9.17, 15) is 14.9 Å². The number of hydrogen-bond acceptors (Lipinski definition) is 4. The van der Waals surface area contributed by atoms with Gasteiger partial charge in [0.2, 0.25) is 5.91 Å². The summed E-state index contributed by atoms with van der Waals surface area (Å²) in [5.41, 5.74) is 1.62. The van der Waals surface area contributed by atoms with E-state index in [1.807, 2.05) is 6.92 Å². The summed E-state index contributed by atoms with van der Waals surface area (Å²) in [6, 6.07) is 2.92. The van der Waals surface area contributed by atoms with Crippen molar-refractivity contribution in [3.05, 3.63) is 32.8 Å². The third-order valence-electron chi connectivity index (χ3n) is 3.88. The monoisotopic (exact) mass is 311 g/mol. The highest BCUT2D eigenvalue weighted by molar-refractivity contribution is 6.33. The quantitative estimate of drug-likeness (QED) is 0.687. The molecule has 114 valence electrons. The van der Waals surface area contributed by atoms with Crippen LogP contribution in [0, 0.1) is 23.0 Å². The highest BCUT2D eigenvalue weighted by Crippen LogP contribution is 2.35. The summed E-state index contributed by atoms with van der Waals surface area (Å²) in [7, 11) is 1.64. The number of anilines is 1. The Morgan fingerprint density at radius 2 is 2.05 bits per heavy atom. The Kier molecular flexibility index (Phi) is 4.67. The molecule has 1 aromatic rings. The zero-order valence-electron chi connectivity index (χ0n) is 12.1. The van der Waals surface area contributed by atoms with Gasteiger partial charge < -0.3 is 10.2 Å². The molecule has 1 saturated heterocycles. The van der Waals surface area contributed by atoms with Gasteiger partial charge in [-0.25, -0.2) is 0 Å². The van der Waals surface area contributed by atoms with Crippen molar-refractivity contribution in [1.29, 1.82) is 0 Å². The van der Waals surface area contributed by atoms with E-state index in [4.69, 9.17) is 11.6 Å². The second-order valence-electron chi connectivity index (χ2n) is 5.23. The molecule has 1 heterocycles. The summed E-state index contributed by atoms with van der Waals surface area (Å²) in [4.78, 5) is 24.1. The molecule has 0 atom stereocenters. The van der Waals surface area contributed by atoms with Crippen LogP contribution < -0.4 is 10.2 Å². The molecule has 0 saturated carbocycles. The minimum Gasteiger partial charge on any atom is -0.370 e. The number of non-ortho nitro benzene ring substituents is 1. The zero-order chi connectivity index (χ0) is 15.6. The van der Waals surface area contributed by atoms with E-state index in [1.165, 1.54) is 12.1 Å². The average molecular weight is 312 g/mol. The van der Waals surface area contributed by atoms with Crippen LogP contribution >= 0.6 is 11.6 Å². The Morgan fingerprint density at radius 3 is 2.52 bits per heavy atom. The van der Waals surface area contributed by atoms with Crippen molar-refractivity contribution in [2.75, 3.05) is 25.0 Å². The summed E-state index contributed by atoms with van der Waals surface area (Å²) in [5, 5.41) is 13.9. The Hall–Kier alpha value is -1.82. The van der Waals surface area contributed by atoms with E-state index < -0.39 is 4.92 Å². The molecular formula is C14H18ClN3O3. The van der Waals surface area contributed by atoms with E-state index in [1.54, 1.807) is 7.05 Å². The van der Waals surface area contributed by atoms with Crippen LogP contribution in [0.3, 0.4) is 0 Å². The summed E-state index contributed by atoms with van der Waals surface area (Å²) >= 11 is 6.21. The van der Waals surface area contributed by atoms with Crippen molar-refractivity contribution in [3.8, 4) is 0 Å². The minimum absolute atomic E-state index is 0.00139. The number of piperidine rings is 1. The van der Waals surface area contributed by atoms with Gasteiger partial charge in [-0.2, -0.15) is 0 Å². The van der Waals surface area contributed by atoms with Crippen molar-refractivity contribution >= 4 is 28.9 Å². The van der Waals surface area contributed by atoms with Crippen molar-refractivity contribution in [2.45, 2.75) is 19.8 Å². The summed E-state index contributed by atoms with van der Waals surface area (Å²) in [6.07, 6.45) is 1.51. The Labute approximate surface area is 128 Å². The van der Waals surface area contributed by atoms with Gasteiger partial charge in [0.25, 0.3) is 5.69 Å². The standard InChI is InChI=1S/C14H18ClN3O3/c1-9-7-11(18(20)21)8-12(15)13(9)17-5-3-10(4-6-17)14(19)16-2/h7-8,10H,3-6H2,1-2H3,(H,16,19). The van der Waals surface area contributed by atoms with Crippen LogP contribution in [0.5, 0.6) is 0 Å². The van der Waals surface area contributed by atoms with Crippen molar-refractivity contribution < 1.29 is 9.72 Å². The Bertz CT molecular complexity index is 546. The molecule has 0 radical (unpaired) electrons. The SMILES string of the molecule is CNC(=O)C1CCN(c2c(C)cc([N+](=O)[O-])cc2Cl)CC1. The van der Waals surface area contributed by atoms with Gasteiger partial charge in [-0.3, -0.25) is 14.9 Å². The molecule has 1 aliphatic rings. The highest BCUT2D eigenvalue weighted by Gasteiger charge is 2.26. The summed E-state index contributed by atoms with van der Waals surface area (Å²) in [5.74, 6) is 0.101. The molecule has 21 heavy (non-hydrogen) atoms. The van der Waals surface area contributed by atoms with Crippen LogP contribution in [0.15, 0.2) is 12.1 Å². The van der Waals surface area contributed by atoms with Gasteiger partial charge >= 0.3 is 0 Å². The van der Waals surface area contributed by atoms with Crippen LogP contribution in [-0.4, -0.2) is 31.0 Å². The summed E-state index contributed by atoms with van der Waals surface area (Å²) < 4.78 is 0. The molecule has 1 fully saturated rings. The van der Waals surface area contributed by atoms with Gasteiger partial charge in [0.15, 0.2) is 0 Å². The fraction of sp³-hybridized carbons (Fsp3) is 0.500. The third kappa shape index (κ3) is 3.26. The first-order chi connectivity index (χ1) is 9.93. The van der Waals surface area contributed by atoms with E-state index in [2.05, 4.69) is 10.2 Å². The smallest absolute Gasteiger partial charge is 0.271 e. The van der Waals surface area contributed by atoms with Crippen LogP contribution in [0.1, 0.15) is 18.4 Å². The van der Waals surface area contributed by atoms with E-state index in [0.29, 0.717) is 5.02 Å². The average Bonchev–Trinajstić information content (AvgIpc) is 2.46. The van der Waals surface area contributed by atoms with Gasteiger partial charge in [0, 0.05) is 38.2 Å². The number of rotatable bonds is 3. The molecule has 0 unspecified atom stereocenters. The molecule has 0 bridgehead atoms. The first-order valence-electron chi connectivity index (χ1n) is 6.85. The van der Waals surface area contributed by atoms with Gasteiger partial charge in [-0.05, 0) is 25.3 Å². The number of amides is 1. The second kappa shape index (κ2) is 6.30. The normalized spacial score (nSPS) is 15.9. The number of carbonyl (C=O) groups excluding carboxylic acids is 1. The van der Waals surface area contributed by atoms with Crippen LogP contribution in [0.4, 0.5) is 11.4 Å². The van der Waals surface area contributed by atoms with Crippen molar-refractivity contribution in [1.82, 2.24) is 5.32 Å². The van der Waals surface area contributed by atoms with E-state index >= 15 is 0 Å². The topological polar surface area (TPSA) is 75.5 Å². The number of nitrogens with one attached hydrogen (secondary N) is 1. The maximum Gasteiger partial charge on any atom is 0.271 e. The number of aryl methyl sites for hydroxylation is 1. The van der Waals surface area contributed by atoms with Crippen LogP contribution in [0.25, 0.3) is 0 Å². The molecule has 1 amide bonds. The number of benzene rings is 1. The first kappa shape index (κ1) is 15.6. The maximum atomic E-state index is 11.6. The van der Waals surface area contributed by atoms with Gasteiger partial charge in [0.05, 0.1) is 15.6 Å². The molecule has 1 N–H and O–H groups in total. The molecule has 0 spiro atoms. The number of halogens is 1. The number of nitrogens with zero attached hydrogens (tertiary/aromatic N) is 2. The largest absolute Gasteiger partial charge is 0.370 e. The van der Waals surface area contributed by atoms with Crippen LogP contribution in [-0.2, 0) is 4.79 Å². The number of nitro groups is 1. The first-order valence-corrected chi connectivity index (χ1v) is 7.23. The lowest BCUT2D eigenvalue weighted by Gasteiger charge is -2.34. The lowest BCUT2D eigenvalue weighted by molar-refractivity contribution is -0.384. The van der Waals surface area contributed by atoms with E-state index in [-0.39, 0.29) is 17.5 Å². The molecule has 1 aromatic carbocycles. The highest BCUT2D eigenvalue weighted by atomic mass is 35.5. The number of hydrogen-bond donors (Lipinski definition) is 1. The molecular weight excluding hydrogens is 294 g/mol. The zero-order valence-corrected chi connectivity index (χ0v) is 12.8. The Balaban J connectivity index is 2.17. The second-order valence-corrected chi connectivity index (χ2v) is 5.63.